The molecule has 1 aromatic carbocycles. The molecule has 0 saturated heterocycles. The average Bonchev–Trinajstić information content (AvgIpc) is 2.50. The van der Waals surface area contributed by atoms with Gasteiger partial charge in [0.1, 0.15) is 5.82 Å². The molecule has 2 nitrogen and oxygen atoms in total. The number of nitrogens with two attached hydrogens (primary N) is 1. The Bertz CT molecular complexity index is 444. The maximum Gasteiger partial charge on any atom is 0.145 e. The summed E-state index contributed by atoms with van der Waals surface area (Å²) >= 11 is 5.85. The predicted molar refractivity (Wildman–Crippen MR) is 86.6 cm³/mol. The predicted octanol–water partition coefficient (Wildman–Crippen LogP) is 4.46. The van der Waals surface area contributed by atoms with Crippen LogP contribution >= 0.6 is 11.6 Å². The van der Waals surface area contributed by atoms with Gasteiger partial charge in [-0.05, 0) is 42.7 Å². The van der Waals surface area contributed by atoms with E-state index in [0.717, 1.165) is 5.92 Å². The van der Waals surface area contributed by atoms with Crippen LogP contribution < -0.4 is 11.3 Å². The molecule has 0 heterocycles. The summed E-state index contributed by atoms with van der Waals surface area (Å²) in [4.78, 5) is 0. The van der Waals surface area contributed by atoms with Crippen molar-refractivity contribution in [1.29, 1.82) is 0 Å². The van der Waals surface area contributed by atoms with E-state index >= 15 is 0 Å². The van der Waals surface area contributed by atoms with Gasteiger partial charge in [-0.3, -0.25) is 11.3 Å². The summed E-state index contributed by atoms with van der Waals surface area (Å²) in [5, 5.41) is 0.190. The minimum atomic E-state index is -0.306. The highest BCUT2D eigenvalue weighted by atomic mass is 35.5. The monoisotopic (exact) mass is 312 g/mol. The van der Waals surface area contributed by atoms with E-state index in [4.69, 9.17) is 17.4 Å². The lowest BCUT2D eigenvalue weighted by molar-refractivity contribution is 0.212. The largest absolute Gasteiger partial charge is 0.271 e. The van der Waals surface area contributed by atoms with Crippen LogP contribution in [0.15, 0.2) is 18.2 Å². The first-order valence-corrected chi connectivity index (χ1v) is 8.42. The number of nitrogens with one attached hydrogen (secondary N) is 1. The van der Waals surface area contributed by atoms with Gasteiger partial charge in [-0.25, -0.2) is 4.39 Å². The van der Waals surface area contributed by atoms with Crippen molar-refractivity contribution in [3.8, 4) is 0 Å². The molecule has 1 aliphatic carbocycles. The van der Waals surface area contributed by atoms with Crippen LogP contribution in [-0.2, 0) is 6.42 Å². The first kappa shape index (κ1) is 16.7. The van der Waals surface area contributed by atoms with E-state index in [1.807, 2.05) is 0 Å². The molecule has 0 amide bonds. The van der Waals surface area contributed by atoms with Crippen LogP contribution in [0.2, 0.25) is 5.02 Å². The molecule has 0 spiro atoms. The highest BCUT2D eigenvalue weighted by Gasteiger charge is 2.27. The fourth-order valence-electron chi connectivity index (χ4n) is 3.59. The van der Waals surface area contributed by atoms with Crippen molar-refractivity contribution in [3.05, 3.63) is 34.6 Å². The Morgan fingerprint density at radius 1 is 1.33 bits per heavy atom. The minimum absolute atomic E-state index is 0.126. The Kier molecular flexibility index (Phi) is 6.46. The fourth-order valence-corrected chi connectivity index (χ4v) is 3.79. The van der Waals surface area contributed by atoms with Gasteiger partial charge in [0.15, 0.2) is 0 Å². The van der Waals surface area contributed by atoms with E-state index in [0.29, 0.717) is 17.9 Å². The van der Waals surface area contributed by atoms with E-state index < -0.39 is 0 Å². The van der Waals surface area contributed by atoms with Gasteiger partial charge in [0.25, 0.3) is 0 Å². The molecular weight excluding hydrogens is 287 g/mol. The van der Waals surface area contributed by atoms with Gasteiger partial charge in [-0.1, -0.05) is 56.3 Å². The number of hydrogen-bond donors (Lipinski definition) is 2. The number of benzene rings is 1. The van der Waals surface area contributed by atoms with Crippen molar-refractivity contribution < 1.29 is 4.39 Å². The number of hydrazine groups is 1. The Morgan fingerprint density at radius 2 is 2.05 bits per heavy atom. The molecule has 0 aliphatic heterocycles. The number of halogens is 2. The normalized spacial score (nSPS) is 24.0. The fraction of sp³-hybridized carbons (Fsp3) is 0.647. The van der Waals surface area contributed by atoms with Crippen LogP contribution in [-0.4, -0.2) is 6.04 Å². The van der Waals surface area contributed by atoms with E-state index in [9.17, 15) is 4.39 Å². The molecule has 0 bridgehead atoms. The van der Waals surface area contributed by atoms with Gasteiger partial charge >= 0.3 is 0 Å². The Labute approximate surface area is 132 Å². The van der Waals surface area contributed by atoms with Crippen LogP contribution in [0.3, 0.4) is 0 Å². The van der Waals surface area contributed by atoms with Gasteiger partial charge in [-0.15, -0.1) is 0 Å². The molecule has 1 aliphatic rings. The molecule has 21 heavy (non-hydrogen) atoms. The van der Waals surface area contributed by atoms with Crippen LogP contribution in [0.1, 0.15) is 51.0 Å². The summed E-state index contributed by atoms with van der Waals surface area (Å²) in [6.07, 6.45) is 8.11. The zero-order valence-electron chi connectivity index (χ0n) is 12.7. The topological polar surface area (TPSA) is 38.0 Å². The third-order valence-electron chi connectivity index (χ3n) is 4.84. The van der Waals surface area contributed by atoms with Crippen molar-refractivity contribution in [2.24, 2.45) is 17.7 Å². The third kappa shape index (κ3) is 4.41. The van der Waals surface area contributed by atoms with E-state index in [1.165, 1.54) is 38.5 Å². The van der Waals surface area contributed by atoms with Crippen molar-refractivity contribution in [2.75, 3.05) is 0 Å². The van der Waals surface area contributed by atoms with E-state index in [-0.39, 0.29) is 16.9 Å². The smallest absolute Gasteiger partial charge is 0.145 e. The number of rotatable bonds is 6. The molecule has 118 valence electrons. The van der Waals surface area contributed by atoms with Crippen LogP contribution in [0.5, 0.6) is 0 Å². The van der Waals surface area contributed by atoms with Crippen molar-refractivity contribution >= 4 is 11.6 Å². The lowest BCUT2D eigenvalue weighted by Gasteiger charge is -2.33. The molecule has 4 heteroatoms. The summed E-state index contributed by atoms with van der Waals surface area (Å²) in [7, 11) is 0. The van der Waals surface area contributed by atoms with Crippen molar-refractivity contribution in [2.45, 2.75) is 57.9 Å². The Hall–Kier alpha value is -0.640. The molecule has 2 rings (SSSR count). The number of hydrogen-bond acceptors (Lipinski definition) is 2. The van der Waals surface area contributed by atoms with Gasteiger partial charge in [0, 0.05) is 6.04 Å². The second kappa shape index (κ2) is 8.11. The molecular formula is C17H26ClFN2. The van der Waals surface area contributed by atoms with Gasteiger partial charge in [0.2, 0.25) is 0 Å². The average molecular weight is 313 g/mol. The van der Waals surface area contributed by atoms with Gasteiger partial charge in [0.05, 0.1) is 5.02 Å². The lowest BCUT2D eigenvalue weighted by Crippen LogP contribution is -2.43. The highest BCUT2D eigenvalue weighted by Crippen LogP contribution is 2.34. The zero-order valence-corrected chi connectivity index (χ0v) is 13.5. The van der Waals surface area contributed by atoms with Crippen molar-refractivity contribution in [1.82, 2.24) is 5.43 Å². The lowest BCUT2D eigenvalue weighted by atomic mass is 9.76. The van der Waals surface area contributed by atoms with Crippen LogP contribution in [0.25, 0.3) is 0 Å². The van der Waals surface area contributed by atoms with Crippen LogP contribution in [0.4, 0.5) is 4.39 Å². The molecule has 1 unspecified atom stereocenters. The highest BCUT2D eigenvalue weighted by molar-refractivity contribution is 6.30. The summed E-state index contributed by atoms with van der Waals surface area (Å²) < 4.78 is 14.0. The first-order valence-electron chi connectivity index (χ1n) is 8.04. The molecule has 0 radical (unpaired) electrons. The minimum Gasteiger partial charge on any atom is -0.271 e. The van der Waals surface area contributed by atoms with E-state index in [2.05, 4.69) is 12.3 Å². The SMILES string of the molecule is CCCC1CCC(C(Cc2cccc(Cl)c2F)NN)CC1. The molecule has 3 N–H and O–H groups in total. The summed E-state index contributed by atoms with van der Waals surface area (Å²) in [6, 6.07) is 5.31. The molecule has 1 atom stereocenters. The molecule has 1 saturated carbocycles. The zero-order chi connectivity index (χ0) is 15.2. The quantitative estimate of drug-likeness (QED) is 0.601. The molecule has 1 aromatic rings. The summed E-state index contributed by atoms with van der Waals surface area (Å²) in [5.41, 5.74) is 3.56. The van der Waals surface area contributed by atoms with Gasteiger partial charge < -0.3 is 0 Å². The first-order chi connectivity index (χ1) is 10.2. The standard InChI is InChI=1S/C17H26ClFN2/c1-2-4-12-7-9-13(10-8-12)16(21-20)11-14-5-3-6-15(18)17(14)19/h3,5-6,12-13,16,21H,2,4,7-11,20H2,1H3. The summed E-state index contributed by atoms with van der Waals surface area (Å²) in [6.45, 7) is 2.25. The van der Waals surface area contributed by atoms with Crippen LogP contribution in [0, 0.1) is 17.7 Å². The second-order valence-corrected chi connectivity index (χ2v) is 6.67. The van der Waals surface area contributed by atoms with Crippen molar-refractivity contribution in [3.63, 3.8) is 0 Å². The van der Waals surface area contributed by atoms with Gasteiger partial charge in [-0.2, -0.15) is 0 Å². The summed E-state index contributed by atoms with van der Waals surface area (Å²) in [5.74, 6) is 6.82. The third-order valence-corrected chi connectivity index (χ3v) is 5.13. The Morgan fingerprint density at radius 3 is 2.67 bits per heavy atom. The maximum absolute atomic E-state index is 14.0. The van der Waals surface area contributed by atoms with E-state index in [1.54, 1.807) is 18.2 Å². The molecule has 1 fully saturated rings. The maximum atomic E-state index is 14.0. The second-order valence-electron chi connectivity index (χ2n) is 6.26. The molecule has 0 aromatic heterocycles. The Balaban J connectivity index is 1.96.